The lowest BCUT2D eigenvalue weighted by Gasteiger charge is -2.10. The Morgan fingerprint density at radius 3 is 2.44 bits per heavy atom. The number of rotatable bonds is 2. The molecule has 0 aliphatic heterocycles. The van der Waals surface area contributed by atoms with Crippen molar-refractivity contribution in [3.8, 4) is 5.75 Å². The second-order valence-electron chi connectivity index (χ2n) is 4.50. The Kier molecular flexibility index (Phi) is 3.32. The van der Waals surface area contributed by atoms with E-state index in [1.165, 1.54) is 0 Å². The van der Waals surface area contributed by atoms with E-state index in [1.54, 1.807) is 13.0 Å². The lowest BCUT2D eigenvalue weighted by Crippen LogP contribution is -1.96. The summed E-state index contributed by atoms with van der Waals surface area (Å²) in [4.78, 5) is 0. The fraction of sp³-hybridized carbons (Fsp3) is 0.200. The van der Waals surface area contributed by atoms with E-state index in [9.17, 15) is 13.9 Å². The number of phenolic OH excluding ortho intramolecular Hbond substituents is 1. The molecule has 0 saturated carbocycles. The molecule has 0 atom stereocenters. The van der Waals surface area contributed by atoms with Gasteiger partial charge in [-0.1, -0.05) is 17.7 Å². The summed E-state index contributed by atoms with van der Waals surface area (Å²) in [6, 6.07) is 6.98. The highest BCUT2D eigenvalue weighted by Gasteiger charge is 2.10. The van der Waals surface area contributed by atoms with Crippen LogP contribution in [0.1, 0.15) is 22.3 Å². The Balaban J connectivity index is 2.43. The number of halogens is 2. The molecule has 0 fully saturated rings. The number of hydrogen-bond acceptors (Lipinski definition) is 1. The van der Waals surface area contributed by atoms with Crippen molar-refractivity contribution < 1.29 is 13.9 Å². The van der Waals surface area contributed by atoms with E-state index in [0.29, 0.717) is 5.56 Å². The normalized spacial score (nSPS) is 10.7. The molecule has 0 amide bonds. The summed E-state index contributed by atoms with van der Waals surface area (Å²) in [5, 5.41) is 9.93. The molecule has 0 heterocycles. The van der Waals surface area contributed by atoms with Crippen LogP contribution in [0.25, 0.3) is 0 Å². The molecule has 1 nitrogen and oxygen atoms in total. The van der Waals surface area contributed by atoms with E-state index >= 15 is 0 Å². The zero-order valence-corrected chi connectivity index (χ0v) is 10.3. The van der Waals surface area contributed by atoms with Crippen LogP contribution in [0.15, 0.2) is 30.3 Å². The molecule has 0 aliphatic rings. The third-order valence-electron chi connectivity index (χ3n) is 2.91. The van der Waals surface area contributed by atoms with Gasteiger partial charge in [0.15, 0.2) is 0 Å². The maximum absolute atomic E-state index is 13.5. The topological polar surface area (TPSA) is 20.2 Å². The molecule has 0 aromatic heterocycles. The van der Waals surface area contributed by atoms with E-state index in [0.717, 1.165) is 29.3 Å². The number of benzene rings is 2. The van der Waals surface area contributed by atoms with Gasteiger partial charge in [0.05, 0.1) is 0 Å². The van der Waals surface area contributed by atoms with Crippen LogP contribution in [0.4, 0.5) is 8.78 Å². The van der Waals surface area contributed by atoms with Gasteiger partial charge in [0.1, 0.15) is 17.4 Å². The van der Waals surface area contributed by atoms with Crippen molar-refractivity contribution >= 4 is 0 Å². The maximum Gasteiger partial charge on any atom is 0.126 e. The zero-order valence-electron chi connectivity index (χ0n) is 10.3. The molecule has 2 aromatic carbocycles. The first-order valence-corrected chi connectivity index (χ1v) is 5.70. The first kappa shape index (κ1) is 12.6. The molecule has 2 aromatic rings. The Morgan fingerprint density at radius 1 is 1.00 bits per heavy atom. The van der Waals surface area contributed by atoms with Crippen molar-refractivity contribution in [2.75, 3.05) is 0 Å². The van der Waals surface area contributed by atoms with Crippen LogP contribution >= 0.6 is 0 Å². The highest BCUT2D eigenvalue weighted by molar-refractivity contribution is 5.45. The molecule has 18 heavy (non-hydrogen) atoms. The summed E-state index contributed by atoms with van der Waals surface area (Å²) in [6.45, 7) is 3.69. The van der Waals surface area contributed by atoms with Crippen LogP contribution < -0.4 is 0 Å². The SMILES string of the molecule is Cc1cc(C)c(O)c(Cc2cc(F)ccc2F)c1. The van der Waals surface area contributed by atoms with Crippen LogP contribution in [0.3, 0.4) is 0 Å². The monoisotopic (exact) mass is 248 g/mol. The highest BCUT2D eigenvalue weighted by Crippen LogP contribution is 2.27. The van der Waals surface area contributed by atoms with Gasteiger partial charge in [0, 0.05) is 6.42 Å². The predicted octanol–water partition coefficient (Wildman–Crippen LogP) is 3.88. The molecule has 0 bridgehead atoms. The molecule has 3 heteroatoms. The largest absolute Gasteiger partial charge is 0.507 e. The minimum absolute atomic E-state index is 0.143. The first-order valence-electron chi connectivity index (χ1n) is 5.70. The Morgan fingerprint density at radius 2 is 1.72 bits per heavy atom. The van der Waals surface area contributed by atoms with Gasteiger partial charge < -0.3 is 5.11 Å². The summed E-state index contributed by atoms with van der Waals surface area (Å²) in [6.07, 6.45) is 0.179. The van der Waals surface area contributed by atoms with E-state index in [4.69, 9.17) is 0 Å². The Labute approximate surface area is 105 Å². The van der Waals surface area contributed by atoms with Gasteiger partial charge >= 0.3 is 0 Å². The van der Waals surface area contributed by atoms with E-state index in [-0.39, 0.29) is 17.7 Å². The summed E-state index contributed by atoms with van der Waals surface area (Å²) >= 11 is 0. The summed E-state index contributed by atoms with van der Waals surface area (Å²) in [5.41, 5.74) is 2.58. The van der Waals surface area contributed by atoms with Crippen LogP contribution in [0.5, 0.6) is 5.75 Å². The molecule has 94 valence electrons. The fourth-order valence-corrected chi connectivity index (χ4v) is 2.07. The molecular weight excluding hydrogens is 234 g/mol. The number of phenols is 1. The van der Waals surface area contributed by atoms with Crippen molar-refractivity contribution in [2.45, 2.75) is 20.3 Å². The lowest BCUT2D eigenvalue weighted by atomic mass is 9.99. The maximum atomic E-state index is 13.5. The molecule has 0 spiro atoms. The summed E-state index contributed by atoms with van der Waals surface area (Å²) in [5.74, 6) is -0.797. The first-order chi connectivity index (χ1) is 8.47. The van der Waals surface area contributed by atoms with E-state index < -0.39 is 11.6 Å². The van der Waals surface area contributed by atoms with Crippen molar-refractivity contribution in [3.05, 3.63) is 64.2 Å². The minimum atomic E-state index is -0.477. The smallest absolute Gasteiger partial charge is 0.126 e. The van der Waals surface area contributed by atoms with Crippen LogP contribution in [0, 0.1) is 25.5 Å². The molecule has 0 saturated heterocycles. The zero-order chi connectivity index (χ0) is 13.3. The predicted molar refractivity (Wildman–Crippen MR) is 66.7 cm³/mol. The van der Waals surface area contributed by atoms with Gasteiger partial charge in [0.2, 0.25) is 0 Å². The minimum Gasteiger partial charge on any atom is -0.507 e. The molecule has 0 aliphatic carbocycles. The average molecular weight is 248 g/mol. The fourth-order valence-electron chi connectivity index (χ4n) is 2.07. The van der Waals surface area contributed by atoms with Gasteiger partial charge in [-0.25, -0.2) is 8.78 Å². The van der Waals surface area contributed by atoms with Gasteiger partial charge in [-0.2, -0.15) is 0 Å². The second kappa shape index (κ2) is 4.77. The van der Waals surface area contributed by atoms with Gasteiger partial charge in [-0.3, -0.25) is 0 Å². The molecule has 0 radical (unpaired) electrons. The van der Waals surface area contributed by atoms with Gasteiger partial charge in [0.25, 0.3) is 0 Å². The third-order valence-corrected chi connectivity index (χ3v) is 2.91. The van der Waals surface area contributed by atoms with Crippen molar-refractivity contribution in [1.82, 2.24) is 0 Å². The highest BCUT2D eigenvalue weighted by atomic mass is 19.1. The standard InChI is InChI=1S/C15H14F2O/c1-9-5-10(2)15(18)12(6-9)7-11-8-13(16)3-4-14(11)17/h3-6,8,18H,7H2,1-2H3. The summed E-state index contributed by atoms with van der Waals surface area (Å²) in [7, 11) is 0. The molecule has 0 unspecified atom stereocenters. The third kappa shape index (κ3) is 2.50. The second-order valence-corrected chi connectivity index (χ2v) is 4.50. The Hall–Kier alpha value is -1.90. The summed E-state index contributed by atoms with van der Waals surface area (Å²) < 4.78 is 26.6. The lowest BCUT2D eigenvalue weighted by molar-refractivity contribution is 0.464. The molecule has 1 N–H and O–H groups in total. The van der Waals surface area contributed by atoms with Crippen LogP contribution in [-0.2, 0) is 6.42 Å². The van der Waals surface area contributed by atoms with Crippen molar-refractivity contribution in [1.29, 1.82) is 0 Å². The van der Waals surface area contributed by atoms with Crippen LogP contribution in [-0.4, -0.2) is 5.11 Å². The number of aryl methyl sites for hydroxylation is 2. The Bertz CT molecular complexity index is 591. The molecule has 2 rings (SSSR count). The van der Waals surface area contributed by atoms with Crippen LogP contribution in [0.2, 0.25) is 0 Å². The van der Waals surface area contributed by atoms with E-state index in [2.05, 4.69) is 0 Å². The quantitative estimate of drug-likeness (QED) is 0.855. The number of aromatic hydroxyl groups is 1. The van der Waals surface area contributed by atoms with Crippen molar-refractivity contribution in [2.24, 2.45) is 0 Å². The van der Waals surface area contributed by atoms with Gasteiger partial charge in [-0.15, -0.1) is 0 Å². The average Bonchev–Trinajstić information content (AvgIpc) is 2.30. The van der Waals surface area contributed by atoms with E-state index in [1.807, 2.05) is 13.0 Å². The molecular formula is C15H14F2O. The number of hydrogen-bond donors (Lipinski definition) is 1. The van der Waals surface area contributed by atoms with Gasteiger partial charge in [-0.05, 0) is 48.7 Å². The van der Waals surface area contributed by atoms with Crippen molar-refractivity contribution in [3.63, 3.8) is 0 Å².